The summed E-state index contributed by atoms with van der Waals surface area (Å²) in [7, 11) is 1.49. The van der Waals surface area contributed by atoms with Gasteiger partial charge in [0.05, 0.1) is 12.0 Å². The number of nitrogens with zero attached hydrogens (tertiary/aromatic N) is 2. The maximum atomic E-state index is 10.8. The molecule has 2 rings (SSSR count). The molecule has 0 unspecified atom stereocenters. The molecule has 1 aliphatic carbocycles. The highest BCUT2D eigenvalue weighted by atomic mass is 16.6. The minimum atomic E-state index is -0.440. The van der Waals surface area contributed by atoms with Gasteiger partial charge in [0.1, 0.15) is 0 Å². The van der Waals surface area contributed by atoms with Gasteiger partial charge in [0.2, 0.25) is 11.7 Å². The lowest BCUT2D eigenvalue weighted by molar-refractivity contribution is -0.384. The first kappa shape index (κ1) is 11.6. The maximum absolute atomic E-state index is 10.8. The van der Waals surface area contributed by atoms with Crippen molar-refractivity contribution in [3.8, 4) is 5.88 Å². The topological polar surface area (TPSA) is 77.3 Å². The molecular weight excluding hydrogens is 222 g/mol. The molecule has 1 fully saturated rings. The van der Waals surface area contributed by atoms with Crippen molar-refractivity contribution in [3.63, 3.8) is 0 Å². The van der Waals surface area contributed by atoms with Crippen LogP contribution in [0, 0.1) is 15.5 Å². The Kier molecular flexibility index (Phi) is 2.87. The van der Waals surface area contributed by atoms with Crippen molar-refractivity contribution in [3.05, 3.63) is 22.2 Å². The SMILES string of the molecule is COc1ccc([N+](=O)[O-])c(NCC2(C)CC2)n1. The van der Waals surface area contributed by atoms with Crippen LogP contribution in [0.15, 0.2) is 12.1 Å². The molecule has 1 aromatic heterocycles. The van der Waals surface area contributed by atoms with Crippen LogP contribution in [-0.4, -0.2) is 23.6 Å². The van der Waals surface area contributed by atoms with E-state index in [0.717, 1.165) is 12.8 Å². The molecule has 6 heteroatoms. The van der Waals surface area contributed by atoms with Crippen molar-refractivity contribution in [2.45, 2.75) is 19.8 Å². The fourth-order valence-corrected chi connectivity index (χ4v) is 1.51. The van der Waals surface area contributed by atoms with Crippen LogP contribution >= 0.6 is 0 Å². The minimum Gasteiger partial charge on any atom is -0.481 e. The summed E-state index contributed by atoms with van der Waals surface area (Å²) in [6.07, 6.45) is 2.30. The second-order valence-corrected chi connectivity index (χ2v) is 4.64. The molecule has 92 valence electrons. The number of hydrogen-bond acceptors (Lipinski definition) is 5. The van der Waals surface area contributed by atoms with Gasteiger partial charge in [-0.2, -0.15) is 4.98 Å². The number of ether oxygens (including phenoxy) is 1. The zero-order valence-corrected chi connectivity index (χ0v) is 9.90. The quantitative estimate of drug-likeness (QED) is 0.627. The number of hydrogen-bond donors (Lipinski definition) is 1. The molecule has 0 aromatic carbocycles. The van der Waals surface area contributed by atoms with Gasteiger partial charge in [-0.15, -0.1) is 0 Å². The number of methoxy groups -OCH3 is 1. The molecule has 0 saturated heterocycles. The zero-order valence-electron chi connectivity index (χ0n) is 9.90. The third-order valence-electron chi connectivity index (χ3n) is 3.04. The minimum absolute atomic E-state index is 0.0185. The largest absolute Gasteiger partial charge is 0.481 e. The Labute approximate surface area is 99.2 Å². The fourth-order valence-electron chi connectivity index (χ4n) is 1.51. The predicted molar refractivity (Wildman–Crippen MR) is 63.3 cm³/mol. The molecule has 6 nitrogen and oxygen atoms in total. The second kappa shape index (κ2) is 4.20. The van der Waals surface area contributed by atoms with Crippen LogP contribution in [0.25, 0.3) is 0 Å². The number of rotatable bonds is 5. The van der Waals surface area contributed by atoms with Crippen molar-refractivity contribution >= 4 is 11.5 Å². The van der Waals surface area contributed by atoms with Crippen molar-refractivity contribution in [2.75, 3.05) is 19.0 Å². The molecule has 0 aliphatic heterocycles. The van der Waals surface area contributed by atoms with Crippen molar-refractivity contribution in [1.82, 2.24) is 4.98 Å². The number of nitro groups is 1. The lowest BCUT2D eigenvalue weighted by Gasteiger charge is -2.11. The summed E-state index contributed by atoms with van der Waals surface area (Å²) in [6, 6.07) is 2.89. The third kappa shape index (κ3) is 2.64. The van der Waals surface area contributed by atoms with E-state index >= 15 is 0 Å². The summed E-state index contributed by atoms with van der Waals surface area (Å²) in [4.78, 5) is 14.5. The molecule has 0 radical (unpaired) electrons. The van der Waals surface area contributed by atoms with Gasteiger partial charge in [0.15, 0.2) is 0 Å². The Morgan fingerprint density at radius 3 is 2.82 bits per heavy atom. The van der Waals surface area contributed by atoms with Crippen LogP contribution in [0.3, 0.4) is 0 Å². The van der Waals surface area contributed by atoms with E-state index in [1.54, 1.807) is 0 Å². The molecule has 1 aliphatic rings. The van der Waals surface area contributed by atoms with Gasteiger partial charge in [-0.3, -0.25) is 10.1 Å². The van der Waals surface area contributed by atoms with Crippen molar-refractivity contribution in [1.29, 1.82) is 0 Å². The monoisotopic (exact) mass is 237 g/mol. The maximum Gasteiger partial charge on any atom is 0.311 e. The number of pyridine rings is 1. The Morgan fingerprint density at radius 2 is 2.29 bits per heavy atom. The first-order valence-electron chi connectivity index (χ1n) is 5.47. The predicted octanol–water partition coefficient (Wildman–Crippen LogP) is 2.21. The smallest absolute Gasteiger partial charge is 0.311 e. The summed E-state index contributed by atoms with van der Waals surface area (Å²) in [6.45, 7) is 2.85. The molecule has 1 aromatic rings. The van der Waals surface area contributed by atoms with E-state index in [9.17, 15) is 10.1 Å². The van der Waals surface area contributed by atoms with Crippen LogP contribution in [0.4, 0.5) is 11.5 Å². The fraction of sp³-hybridized carbons (Fsp3) is 0.545. The molecule has 17 heavy (non-hydrogen) atoms. The van der Waals surface area contributed by atoms with E-state index in [4.69, 9.17) is 4.74 Å². The third-order valence-corrected chi connectivity index (χ3v) is 3.04. The van der Waals surface area contributed by atoms with Gasteiger partial charge in [-0.25, -0.2) is 0 Å². The van der Waals surface area contributed by atoms with Gasteiger partial charge in [-0.1, -0.05) is 6.92 Å². The molecule has 1 saturated carbocycles. The van der Waals surface area contributed by atoms with E-state index < -0.39 is 4.92 Å². The van der Waals surface area contributed by atoms with Crippen LogP contribution < -0.4 is 10.1 Å². The lowest BCUT2D eigenvalue weighted by atomic mass is 10.1. The molecule has 0 atom stereocenters. The normalized spacial score (nSPS) is 16.4. The number of anilines is 1. The molecular formula is C11H15N3O3. The molecule has 1 N–H and O–H groups in total. The zero-order chi connectivity index (χ0) is 12.5. The van der Waals surface area contributed by atoms with E-state index in [1.165, 1.54) is 19.2 Å². The lowest BCUT2D eigenvalue weighted by Crippen LogP contribution is -2.14. The van der Waals surface area contributed by atoms with E-state index in [0.29, 0.717) is 12.4 Å². The highest BCUT2D eigenvalue weighted by molar-refractivity contribution is 5.57. The molecule has 0 spiro atoms. The van der Waals surface area contributed by atoms with E-state index in [-0.39, 0.29) is 16.9 Å². The summed E-state index contributed by atoms with van der Waals surface area (Å²) in [5.74, 6) is 0.654. The first-order chi connectivity index (χ1) is 8.04. The Hall–Kier alpha value is -1.85. The van der Waals surface area contributed by atoms with Crippen LogP contribution in [-0.2, 0) is 0 Å². The van der Waals surface area contributed by atoms with E-state index in [1.807, 2.05) is 0 Å². The van der Waals surface area contributed by atoms with Gasteiger partial charge in [-0.05, 0) is 18.3 Å². The van der Waals surface area contributed by atoms with E-state index in [2.05, 4.69) is 17.2 Å². The highest BCUT2D eigenvalue weighted by Gasteiger charge is 2.37. The molecule has 1 heterocycles. The number of nitrogens with one attached hydrogen (secondary N) is 1. The summed E-state index contributed by atoms with van der Waals surface area (Å²) in [5.41, 5.74) is 0.244. The average Bonchev–Trinajstić information content (AvgIpc) is 3.04. The average molecular weight is 237 g/mol. The van der Waals surface area contributed by atoms with Crippen LogP contribution in [0.2, 0.25) is 0 Å². The summed E-state index contributed by atoms with van der Waals surface area (Å²) in [5, 5.41) is 13.9. The van der Waals surface area contributed by atoms with Crippen LogP contribution in [0.1, 0.15) is 19.8 Å². The highest BCUT2D eigenvalue weighted by Crippen LogP contribution is 2.45. The van der Waals surface area contributed by atoms with Gasteiger partial charge in [0, 0.05) is 18.7 Å². The summed E-state index contributed by atoms with van der Waals surface area (Å²) < 4.78 is 4.96. The van der Waals surface area contributed by atoms with Gasteiger partial charge < -0.3 is 10.1 Å². The first-order valence-corrected chi connectivity index (χ1v) is 5.47. The Balaban J connectivity index is 2.18. The van der Waals surface area contributed by atoms with Crippen LogP contribution in [0.5, 0.6) is 5.88 Å². The van der Waals surface area contributed by atoms with Crippen molar-refractivity contribution < 1.29 is 9.66 Å². The van der Waals surface area contributed by atoms with Crippen molar-refractivity contribution in [2.24, 2.45) is 5.41 Å². The molecule has 0 amide bonds. The second-order valence-electron chi connectivity index (χ2n) is 4.64. The molecule has 0 bridgehead atoms. The Morgan fingerprint density at radius 1 is 1.59 bits per heavy atom. The number of aromatic nitrogens is 1. The van der Waals surface area contributed by atoms with Gasteiger partial charge in [0.25, 0.3) is 0 Å². The standard InChI is InChI=1S/C11H15N3O3/c1-11(5-6-11)7-12-10-8(14(15)16)3-4-9(13-10)17-2/h3-4H,5-7H2,1-2H3,(H,12,13). The Bertz CT molecular complexity index is 444. The van der Waals surface area contributed by atoms with Gasteiger partial charge >= 0.3 is 5.69 Å². The summed E-state index contributed by atoms with van der Waals surface area (Å²) >= 11 is 0.